The minimum Gasteiger partial charge on any atom is -0.392 e. The Labute approximate surface area is 139 Å². The lowest BCUT2D eigenvalue weighted by Crippen LogP contribution is -2.06. The van der Waals surface area contributed by atoms with Crippen molar-refractivity contribution in [2.75, 3.05) is 5.32 Å². The van der Waals surface area contributed by atoms with Crippen molar-refractivity contribution < 1.29 is 9.50 Å². The fraction of sp³-hybridized carbons (Fsp3) is 0.235. The van der Waals surface area contributed by atoms with E-state index in [0.717, 1.165) is 23.0 Å². The molecular weight excluding hydrogens is 309 g/mol. The SMILES string of the molecule is Cc1cc(C)cc(Nc2ncc(F)c(-n3cc(CO)c(C)n3)n2)c1. The summed E-state index contributed by atoms with van der Waals surface area (Å²) in [7, 11) is 0. The summed E-state index contributed by atoms with van der Waals surface area (Å²) in [5.74, 6) is -0.289. The molecule has 2 N–H and O–H groups in total. The summed E-state index contributed by atoms with van der Waals surface area (Å²) in [5, 5.41) is 16.5. The summed E-state index contributed by atoms with van der Waals surface area (Å²) in [6.45, 7) is 5.58. The van der Waals surface area contributed by atoms with E-state index in [-0.39, 0.29) is 18.4 Å². The highest BCUT2D eigenvalue weighted by atomic mass is 19.1. The molecule has 0 spiro atoms. The topological polar surface area (TPSA) is 75.9 Å². The second-order valence-corrected chi connectivity index (χ2v) is 5.71. The van der Waals surface area contributed by atoms with Crippen LogP contribution in [0.5, 0.6) is 0 Å². The molecule has 3 rings (SSSR count). The van der Waals surface area contributed by atoms with E-state index in [1.54, 1.807) is 13.1 Å². The molecule has 2 heterocycles. The number of halogens is 1. The van der Waals surface area contributed by atoms with E-state index in [4.69, 9.17) is 0 Å². The summed E-state index contributed by atoms with van der Waals surface area (Å²) in [6.07, 6.45) is 2.66. The Hall–Kier alpha value is -2.80. The van der Waals surface area contributed by atoms with Crippen LogP contribution in [0.25, 0.3) is 5.82 Å². The van der Waals surface area contributed by atoms with Crippen molar-refractivity contribution in [3.05, 3.63) is 58.8 Å². The van der Waals surface area contributed by atoms with Gasteiger partial charge in [0, 0.05) is 17.4 Å². The molecule has 0 radical (unpaired) electrons. The smallest absolute Gasteiger partial charge is 0.229 e. The minimum atomic E-state index is -0.590. The largest absolute Gasteiger partial charge is 0.392 e. The van der Waals surface area contributed by atoms with Gasteiger partial charge in [-0.25, -0.2) is 14.1 Å². The number of hydrogen-bond acceptors (Lipinski definition) is 5. The molecule has 1 aromatic carbocycles. The summed E-state index contributed by atoms with van der Waals surface area (Å²) in [5.41, 5.74) is 4.29. The molecule has 124 valence electrons. The Balaban J connectivity index is 1.96. The number of benzene rings is 1. The van der Waals surface area contributed by atoms with Gasteiger partial charge >= 0.3 is 0 Å². The van der Waals surface area contributed by atoms with Crippen LogP contribution in [-0.4, -0.2) is 24.9 Å². The molecule has 6 nitrogen and oxygen atoms in total. The van der Waals surface area contributed by atoms with Gasteiger partial charge in [0.2, 0.25) is 5.95 Å². The maximum absolute atomic E-state index is 14.1. The van der Waals surface area contributed by atoms with Gasteiger partial charge in [0.1, 0.15) is 0 Å². The van der Waals surface area contributed by atoms with E-state index in [0.29, 0.717) is 11.3 Å². The lowest BCUT2D eigenvalue weighted by atomic mass is 10.1. The van der Waals surface area contributed by atoms with Gasteiger partial charge in [0.05, 0.1) is 18.5 Å². The van der Waals surface area contributed by atoms with E-state index in [1.807, 2.05) is 26.0 Å². The summed E-state index contributed by atoms with van der Waals surface area (Å²) >= 11 is 0. The Morgan fingerprint density at radius 3 is 2.50 bits per heavy atom. The van der Waals surface area contributed by atoms with Crippen molar-refractivity contribution in [3.8, 4) is 5.82 Å². The molecule has 3 aromatic rings. The molecule has 0 bridgehead atoms. The Morgan fingerprint density at radius 2 is 1.88 bits per heavy atom. The zero-order chi connectivity index (χ0) is 17.3. The predicted molar refractivity (Wildman–Crippen MR) is 89.0 cm³/mol. The molecule has 0 amide bonds. The highest BCUT2D eigenvalue weighted by molar-refractivity contribution is 5.56. The van der Waals surface area contributed by atoms with E-state index in [1.165, 1.54) is 4.68 Å². The molecule has 0 saturated heterocycles. The molecule has 0 aliphatic rings. The van der Waals surface area contributed by atoms with Crippen molar-refractivity contribution in [2.45, 2.75) is 27.4 Å². The molecule has 0 aliphatic heterocycles. The number of hydrogen-bond donors (Lipinski definition) is 2. The number of rotatable bonds is 4. The van der Waals surface area contributed by atoms with Crippen molar-refractivity contribution >= 4 is 11.6 Å². The maximum Gasteiger partial charge on any atom is 0.229 e. The Bertz CT molecular complexity index is 870. The van der Waals surface area contributed by atoms with E-state index in [2.05, 4.69) is 26.4 Å². The number of aromatic nitrogens is 4. The number of aliphatic hydroxyl groups is 1. The van der Waals surface area contributed by atoms with Crippen LogP contribution >= 0.6 is 0 Å². The van der Waals surface area contributed by atoms with Crippen LogP contribution in [0.3, 0.4) is 0 Å². The molecule has 0 unspecified atom stereocenters. The van der Waals surface area contributed by atoms with Crippen LogP contribution in [0, 0.1) is 26.6 Å². The second-order valence-electron chi connectivity index (χ2n) is 5.71. The fourth-order valence-corrected chi connectivity index (χ4v) is 2.51. The summed E-state index contributed by atoms with van der Waals surface area (Å²) < 4.78 is 15.4. The van der Waals surface area contributed by atoms with Crippen LogP contribution in [0.4, 0.5) is 16.0 Å². The lowest BCUT2D eigenvalue weighted by molar-refractivity contribution is 0.281. The number of aliphatic hydroxyl groups excluding tert-OH is 1. The second kappa shape index (κ2) is 6.37. The van der Waals surface area contributed by atoms with Gasteiger partial charge in [0.15, 0.2) is 11.6 Å². The highest BCUT2D eigenvalue weighted by Gasteiger charge is 2.13. The quantitative estimate of drug-likeness (QED) is 0.770. The van der Waals surface area contributed by atoms with Gasteiger partial charge in [0.25, 0.3) is 0 Å². The summed E-state index contributed by atoms with van der Waals surface area (Å²) in [6, 6.07) is 5.98. The summed E-state index contributed by atoms with van der Waals surface area (Å²) in [4.78, 5) is 8.19. The molecule has 24 heavy (non-hydrogen) atoms. The van der Waals surface area contributed by atoms with Gasteiger partial charge in [-0.15, -0.1) is 0 Å². The lowest BCUT2D eigenvalue weighted by Gasteiger charge is -2.09. The third-order valence-electron chi connectivity index (χ3n) is 3.59. The zero-order valence-corrected chi connectivity index (χ0v) is 13.7. The van der Waals surface area contributed by atoms with E-state index >= 15 is 0 Å². The van der Waals surface area contributed by atoms with Crippen LogP contribution in [0.1, 0.15) is 22.4 Å². The van der Waals surface area contributed by atoms with Gasteiger partial charge in [-0.1, -0.05) is 6.07 Å². The number of anilines is 2. The number of aryl methyl sites for hydroxylation is 3. The van der Waals surface area contributed by atoms with Crippen LogP contribution < -0.4 is 5.32 Å². The number of nitrogens with one attached hydrogen (secondary N) is 1. The maximum atomic E-state index is 14.1. The highest BCUT2D eigenvalue weighted by Crippen LogP contribution is 2.19. The van der Waals surface area contributed by atoms with E-state index in [9.17, 15) is 9.50 Å². The first-order chi connectivity index (χ1) is 11.5. The Morgan fingerprint density at radius 1 is 1.17 bits per heavy atom. The van der Waals surface area contributed by atoms with Gasteiger partial charge < -0.3 is 10.4 Å². The molecule has 0 atom stereocenters. The normalized spacial score (nSPS) is 10.9. The van der Waals surface area contributed by atoms with E-state index < -0.39 is 5.82 Å². The predicted octanol–water partition coefficient (Wildman–Crippen LogP) is 2.96. The molecule has 0 fully saturated rings. The average molecular weight is 327 g/mol. The fourth-order valence-electron chi connectivity index (χ4n) is 2.51. The third-order valence-corrected chi connectivity index (χ3v) is 3.59. The molecule has 7 heteroatoms. The average Bonchev–Trinajstić information content (AvgIpc) is 2.89. The first-order valence-electron chi connectivity index (χ1n) is 7.50. The van der Waals surface area contributed by atoms with Crippen LogP contribution in [-0.2, 0) is 6.61 Å². The van der Waals surface area contributed by atoms with Crippen molar-refractivity contribution in [1.29, 1.82) is 0 Å². The monoisotopic (exact) mass is 327 g/mol. The van der Waals surface area contributed by atoms with Gasteiger partial charge in [-0.3, -0.25) is 0 Å². The van der Waals surface area contributed by atoms with Crippen LogP contribution in [0.15, 0.2) is 30.6 Å². The van der Waals surface area contributed by atoms with Crippen molar-refractivity contribution in [1.82, 2.24) is 19.7 Å². The van der Waals surface area contributed by atoms with Crippen molar-refractivity contribution in [2.24, 2.45) is 0 Å². The molecule has 0 aliphatic carbocycles. The number of nitrogens with zero attached hydrogens (tertiary/aromatic N) is 4. The van der Waals surface area contributed by atoms with Crippen molar-refractivity contribution in [3.63, 3.8) is 0 Å². The Kier molecular flexibility index (Phi) is 4.26. The zero-order valence-electron chi connectivity index (χ0n) is 13.7. The standard InChI is InChI=1S/C17H18FN5O/c1-10-4-11(2)6-14(5-10)20-17-19-7-15(18)16(21-17)23-8-13(9-24)12(3)22-23/h4-8,24H,9H2,1-3H3,(H,19,20,21). The van der Waals surface area contributed by atoms with Crippen LogP contribution in [0.2, 0.25) is 0 Å². The first-order valence-corrected chi connectivity index (χ1v) is 7.50. The molecule has 0 saturated carbocycles. The molecule has 2 aromatic heterocycles. The first kappa shape index (κ1) is 16.1. The molecular formula is C17H18FN5O. The van der Waals surface area contributed by atoms with Gasteiger partial charge in [-0.2, -0.15) is 10.1 Å². The van der Waals surface area contributed by atoms with Gasteiger partial charge in [-0.05, 0) is 44.0 Å². The third kappa shape index (κ3) is 3.26. The minimum absolute atomic E-state index is 0.0275.